The number of hydrogen-bond donors (Lipinski definition) is 2. The number of rotatable bonds is 8. The van der Waals surface area contributed by atoms with Crippen LogP contribution in [0.3, 0.4) is 0 Å². The maximum Gasteiger partial charge on any atom is 0.312 e. The standard InChI is InChI=1S/C13H24N2O7S/c1-22-8-5-15(11-2-9-23(20,21)10-11)13(19)12(18)14(3-6-16)4-7-17/h11,16-17H,2-10H2,1H3. The van der Waals surface area contributed by atoms with Crippen LogP contribution in [0.4, 0.5) is 0 Å². The van der Waals surface area contributed by atoms with Crippen molar-refractivity contribution >= 4 is 21.7 Å². The zero-order valence-corrected chi connectivity index (χ0v) is 14.0. The fourth-order valence-electron chi connectivity index (χ4n) is 2.48. The molecule has 0 spiro atoms. The quantitative estimate of drug-likeness (QED) is 0.461. The van der Waals surface area contributed by atoms with Gasteiger partial charge in [0.05, 0.1) is 31.3 Å². The summed E-state index contributed by atoms with van der Waals surface area (Å²) in [5, 5.41) is 17.9. The summed E-state index contributed by atoms with van der Waals surface area (Å²) >= 11 is 0. The number of carbonyl (C=O) groups excluding carboxylic acids is 2. The van der Waals surface area contributed by atoms with Gasteiger partial charge in [0.2, 0.25) is 0 Å². The molecule has 1 rings (SSSR count). The third-order valence-corrected chi connectivity index (χ3v) is 5.41. The van der Waals surface area contributed by atoms with Gasteiger partial charge in [0, 0.05) is 32.8 Å². The molecule has 1 saturated heterocycles. The lowest BCUT2D eigenvalue weighted by atomic mass is 10.2. The second-order valence-corrected chi connectivity index (χ2v) is 7.52. The molecule has 9 nitrogen and oxygen atoms in total. The first-order valence-electron chi connectivity index (χ1n) is 7.37. The van der Waals surface area contributed by atoms with Crippen LogP contribution < -0.4 is 0 Å². The highest BCUT2D eigenvalue weighted by Crippen LogP contribution is 2.18. The van der Waals surface area contributed by atoms with Crippen LogP contribution in [-0.2, 0) is 24.2 Å². The predicted octanol–water partition coefficient (Wildman–Crippen LogP) is -2.54. The zero-order valence-electron chi connectivity index (χ0n) is 13.2. The van der Waals surface area contributed by atoms with E-state index in [9.17, 15) is 18.0 Å². The molecule has 1 atom stereocenters. The van der Waals surface area contributed by atoms with Gasteiger partial charge in [-0.2, -0.15) is 0 Å². The van der Waals surface area contributed by atoms with Crippen molar-refractivity contribution < 1.29 is 33.0 Å². The van der Waals surface area contributed by atoms with Crippen molar-refractivity contribution in [3.05, 3.63) is 0 Å². The summed E-state index contributed by atoms with van der Waals surface area (Å²) in [5.41, 5.74) is 0. The fraction of sp³-hybridized carbons (Fsp3) is 0.846. The van der Waals surface area contributed by atoms with E-state index < -0.39 is 27.7 Å². The summed E-state index contributed by atoms with van der Waals surface area (Å²) in [6.45, 7) is -0.550. The normalized spacial score (nSPS) is 19.5. The van der Waals surface area contributed by atoms with Crippen LogP contribution in [0.1, 0.15) is 6.42 Å². The fourth-order valence-corrected chi connectivity index (χ4v) is 4.21. The van der Waals surface area contributed by atoms with Gasteiger partial charge in [-0.3, -0.25) is 9.59 Å². The molecule has 10 heteroatoms. The maximum atomic E-state index is 12.5. The molecule has 0 bridgehead atoms. The molecule has 1 aliphatic heterocycles. The van der Waals surface area contributed by atoms with Crippen LogP contribution in [0.15, 0.2) is 0 Å². The molecule has 134 valence electrons. The minimum absolute atomic E-state index is 0.0143. The molecule has 0 saturated carbocycles. The van der Waals surface area contributed by atoms with E-state index in [0.717, 1.165) is 4.90 Å². The van der Waals surface area contributed by atoms with E-state index in [1.165, 1.54) is 12.0 Å². The lowest BCUT2D eigenvalue weighted by molar-refractivity contribution is -0.153. The van der Waals surface area contributed by atoms with Gasteiger partial charge in [-0.05, 0) is 6.42 Å². The van der Waals surface area contributed by atoms with E-state index in [2.05, 4.69) is 0 Å². The molecule has 0 aromatic heterocycles. The first-order valence-corrected chi connectivity index (χ1v) is 9.19. The van der Waals surface area contributed by atoms with Gasteiger partial charge in [-0.25, -0.2) is 8.42 Å². The van der Waals surface area contributed by atoms with Crippen LogP contribution >= 0.6 is 0 Å². The van der Waals surface area contributed by atoms with Crippen molar-refractivity contribution in [2.24, 2.45) is 0 Å². The predicted molar refractivity (Wildman–Crippen MR) is 81.4 cm³/mol. The largest absolute Gasteiger partial charge is 0.395 e. The van der Waals surface area contributed by atoms with Crippen molar-refractivity contribution in [1.29, 1.82) is 0 Å². The van der Waals surface area contributed by atoms with Gasteiger partial charge in [0.15, 0.2) is 9.84 Å². The van der Waals surface area contributed by atoms with Crippen molar-refractivity contribution in [1.82, 2.24) is 9.80 Å². The van der Waals surface area contributed by atoms with E-state index in [0.29, 0.717) is 0 Å². The summed E-state index contributed by atoms with van der Waals surface area (Å²) in [5.74, 6) is -1.89. The zero-order chi connectivity index (χ0) is 17.5. The Morgan fingerprint density at radius 1 is 1.13 bits per heavy atom. The van der Waals surface area contributed by atoms with E-state index >= 15 is 0 Å². The van der Waals surface area contributed by atoms with E-state index in [4.69, 9.17) is 14.9 Å². The minimum atomic E-state index is -3.21. The van der Waals surface area contributed by atoms with Gasteiger partial charge in [0.1, 0.15) is 0 Å². The first kappa shape index (κ1) is 19.8. The average molecular weight is 352 g/mol. The maximum absolute atomic E-state index is 12.5. The highest BCUT2D eigenvalue weighted by molar-refractivity contribution is 7.91. The van der Waals surface area contributed by atoms with Crippen molar-refractivity contribution in [2.45, 2.75) is 12.5 Å². The lowest BCUT2D eigenvalue weighted by Crippen LogP contribution is -2.51. The van der Waals surface area contributed by atoms with Gasteiger partial charge < -0.3 is 24.7 Å². The second kappa shape index (κ2) is 9.16. The number of methoxy groups -OCH3 is 1. The van der Waals surface area contributed by atoms with E-state index in [1.807, 2.05) is 0 Å². The SMILES string of the molecule is COCCN(C(=O)C(=O)N(CCO)CCO)C1CCS(=O)(=O)C1. The monoisotopic (exact) mass is 352 g/mol. The minimum Gasteiger partial charge on any atom is -0.395 e. The summed E-state index contributed by atoms with van der Waals surface area (Å²) in [7, 11) is -1.76. The Balaban J connectivity index is 2.87. The highest BCUT2D eigenvalue weighted by atomic mass is 32.2. The Bertz CT molecular complexity index is 502. The van der Waals surface area contributed by atoms with Gasteiger partial charge in [-0.1, -0.05) is 0 Å². The topological polar surface area (TPSA) is 124 Å². The number of nitrogens with zero attached hydrogens (tertiary/aromatic N) is 2. The number of aliphatic hydroxyl groups excluding tert-OH is 2. The molecule has 23 heavy (non-hydrogen) atoms. The Morgan fingerprint density at radius 3 is 2.17 bits per heavy atom. The summed E-state index contributed by atoms with van der Waals surface area (Å²) < 4.78 is 28.2. The number of carbonyl (C=O) groups is 2. The summed E-state index contributed by atoms with van der Waals surface area (Å²) in [6.07, 6.45) is 0.283. The molecule has 0 aliphatic carbocycles. The lowest BCUT2D eigenvalue weighted by Gasteiger charge is -2.30. The molecular formula is C13H24N2O7S. The van der Waals surface area contributed by atoms with Gasteiger partial charge in [-0.15, -0.1) is 0 Å². The van der Waals surface area contributed by atoms with Crippen molar-refractivity contribution in [3.8, 4) is 0 Å². The number of aliphatic hydroxyl groups is 2. The Morgan fingerprint density at radius 2 is 1.74 bits per heavy atom. The third-order valence-electron chi connectivity index (χ3n) is 3.66. The van der Waals surface area contributed by atoms with Crippen molar-refractivity contribution in [3.63, 3.8) is 0 Å². The second-order valence-electron chi connectivity index (χ2n) is 5.29. The van der Waals surface area contributed by atoms with E-state index in [-0.39, 0.29) is 57.4 Å². The molecule has 2 N–H and O–H groups in total. The molecule has 2 amide bonds. The average Bonchev–Trinajstić information content (AvgIpc) is 2.86. The Kier molecular flexibility index (Phi) is 7.89. The number of amides is 2. The van der Waals surface area contributed by atoms with Gasteiger partial charge >= 0.3 is 11.8 Å². The third kappa shape index (κ3) is 5.72. The van der Waals surface area contributed by atoms with Crippen LogP contribution in [0.5, 0.6) is 0 Å². The van der Waals surface area contributed by atoms with Crippen LogP contribution in [0.2, 0.25) is 0 Å². The summed E-state index contributed by atoms with van der Waals surface area (Å²) in [6, 6.07) is -0.559. The van der Waals surface area contributed by atoms with Crippen LogP contribution in [0, 0.1) is 0 Å². The molecule has 0 aromatic rings. The molecule has 1 aliphatic rings. The Hall–Kier alpha value is -1.23. The first-order chi connectivity index (χ1) is 10.9. The molecule has 1 fully saturated rings. The smallest absolute Gasteiger partial charge is 0.312 e. The van der Waals surface area contributed by atoms with Crippen molar-refractivity contribution in [2.75, 3.05) is 58.1 Å². The summed E-state index contributed by atoms with van der Waals surface area (Å²) in [4.78, 5) is 27.0. The molecule has 1 unspecified atom stereocenters. The van der Waals surface area contributed by atoms with Crippen LogP contribution in [-0.4, -0.2) is 104 Å². The molecule has 0 aromatic carbocycles. The van der Waals surface area contributed by atoms with E-state index in [1.54, 1.807) is 0 Å². The number of sulfone groups is 1. The van der Waals surface area contributed by atoms with Gasteiger partial charge in [0.25, 0.3) is 0 Å². The molecular weight excluding hydrogens is 328 g/mol. The number of hydrogen-bond acceptors (Lipinski definition) is 7. The highest BCUT2D eigenvalue weighted by Gasteiger charge is 2.37. The Labute approximate surface area is 135 Å². The van der Waals surface area contributed by atoms with Crippen LogP contribution in [0.25, 0.3) is 0 Å². The molecule has 0 radical (unpaired) electrons. The number of ether oxygens (including phenoxy) is 1. The molecule has 1 heterocycles.